The molecule has 188 valence electrons. The molecule has 2 N–H and O–H groups in total. The Kier molecular flexibility index (Phi) is 6.29. The number of H-pyrrole nitrogens is 1. The highest BCUT2D eigenvalue weighted by molar-refractivity contribution is 6.46. The number of fused-ring (bicyclic) bond motifs is 1. The first kappa shape index (κ1) is 24.3. The van der Waals surface area contributed by atoms with Crippen LogP contribution in [0.4, 0.5) is 4.39 Å². The van der Waals surface area contributed by atoms with Crippen LogP contribution in [0, 0.1) is 19.7 Å². The van der Waals surface area contributed by atoms with E-state index in [9.17, 15) is 19.1 Å². The maximum absolute atomic E-state index is 13.5. The van der Waals surface area contributed by atoms with Crippen molar-refractivity contribution in [3.8, 4) is 5.75 Å². The van der Waals surface area contributed by atoms with Crippen molar-refractivity contribution in [2.45, 2.75) is 26.3 Å². The van der Waals surface area contributed by atoms with E-state index in [-0.39, 0.29) is 23.7 Å². The number of halogens is 1. The second-order valence-corrected chi connectivity index (χ2v) is 9.32. The molecule has 1 atom stereocenters. The van der Waals surface area contributed by atoms with Gasteiger partial charge < -0.3 is 19.7 Å². The SMILES string of the molecule is COc1c(C)cc(C)cc1/C(O)=C1\C(=O)C(=O)N(CCc2ccc(F)cc2)C1c1c[nH]c2ccccc12. The van der Waals surface area contributed by atoms with Crippen molar-refractivity contribution in [2.75, 3.05) is 13.7 Å². The third-order valence-electron chi connectivity index (χ3n) is 6.89. The number of ketones is 1. The molecule has 3 aromatic carbocycles. The van der Waals surface area contributed by atoms with Gasteiger partial charge in [0.2, 0.25) is 0 Å². The summed E-state index contributed by atoms with van der Waals surface area (Å²) >= 11 is 0. The zero-order chi connectivity index (χ0) is 26.3. The van der Waals surface area contributed by atoms with Crippen LogP contribution in [-0.4, -0.2) is 40.3 Å². The molecule has 1 fully saturated rings. The van der Waals surface area contributed by atoms with Crippen LogP contribution >= 0.6 is 0 Å². The molecule has 1 aliphatic rings. The Morgan fingerprint density at radius 2 is 1.81 bits per heavy atom. The van der Waals surface area contributed by atoms with Crippen LogP contribution in [0.3, 0.4) is 0 Å². The van der Waals surface area contributed by atoms with Crippen LogP contribution in [-0.2, 0) is 16.0 Å². The molecule has 5 rings (SSSR count). The maximum atomic E-state index is 13.5. The van der Waals surface area contributed by atoms with Gasteiger partial charge >= 0.3 is 0 Å². The molecule has 0 bridgehead atoms. The molecule has 1 aliphatic heterocycles. The fourth-order valence-electron chi connectivity index (χ4n) is 5.20. The zero-order valence-electron chi connectivity index (χ0n) is 20.8. The first-order valence-corrected chi connectivity index (χ1v) is 12.0. The number of aliphatic hydroxyl groups is 1. The number of likely N-dealkylation sites (tertiary alicyclic amines) is 1. The van der Waals surface area contributed by atoms with Crippen LogP contribution in [0.1, 0.15) is 33.9 Å². The largest absolute Gasteiger partial charge is 0.507 e. The highest BCUT2D eigenvalue weighted by atomic mass is 19.1. The van der Waals surface area contributed by atoms with E-state index in [2.05, 4.69) is 4.98 Å². The predicted molar refractivity (Wildman–Crippen MR) is 140 cm³/mol. The number of nitrogens with zero attached hydrogens (tertiary/aromatic N) is 1. The number of nitrogens with one attached hydrogen (secondary N) is 1. The number of para-hydroxylation sites is 1. The zero-order valence-corrected chi connectivity index (χ0v) is 20.8. The third-order valence-corrected chi connectivity index (χ3v) is 6.89. The van der Waals surface area contributed by atoms with E-state index in [1.165, 1.54) is 24.1 Å². The molecule has 1 amide bonds. The summed E-state index contributed by atoms with van der Waals surface area (Å²) in [6, 6.07) is 16.5. The minimum absolute atomic E-state index is 0.0113. The molecule has 7 heteroatoms. The summed E-state index contributed by atoms with van der Waals surface area (Å²) in [5.74, 6) is -1.62. The standard InChI is InChI=1S/C30H27FN2O4/c1-17-14-18(2)29(37-3)22(15-17)27(34)25-26(23-16-32-24-7-5-4-6-21(23)24)33(30(36)28(25)35)13-12-19-8-10-20(31)11-9-19/h4-11,14-16,26,32,34H,12-13H2,1-3H3/b27-25+. The number of amides is 1. The molecule has 1 aromatic heterocycles. The van der Waals surface area contributed by atoms with Gasteiger partial charge in [-0.15, -0.1) is 0 Å². The van der Waals surface area contributed by atoms with E-state index in [4.69, 9.17) is 4.74 Å². The quantitative estimate of drug-likeness (QED) is 0.206. The van der Waals surface area contributed by atoms with Gasteiger partial charge in [-0.2, -0.15) is 0 Å². The number of Topliss-reactive ketones (excluding diaryl/α,β-unsaturated/α-hetero) is 1. The average Bonchev–Trinajstić information content (AvgIpc) is 3.41. The number of rotatable bonds is 6. The first-order valence-electron chi connectivity index (χ1n) is 12.0. The molecule has 1 unspecified atom stereocenters. The van der Waals surface area contributed by atoms with Crippen molar-refractivity contribution in [3.05, 3.63) is 106 Å². The average molecular weight is 499 g/mol. The van der Waals surface area contributed by atoms with Crippen LogP contribution in [0.15, 0.2) is 72.4 Å². The van der Waals surface area contributed by atoms with E-state index < -0.39 is 17.7 Å². The number of hydrogen-bond donors (Lipinski definition) is 2. The first-order chi connectivity index (χ1) is 17.8. The molecule has 6 nitrogen and oxygen atoms in total. The molecule has 0 spiro atoms. The predicted octanol–water partition coefficient (Wildman–Crippen LogP) is 5.60. The second kappa shape index (κ2) is 9.58. The van der Waals surface area contributed by atoms with Crippen molar-refractivity contribution in [1.29, 1.82) is 0 Å². The lowest BCUT2D eigenvalue weighted by atomic mass is 9.93. The Morgan fingerprint density at radius 1 is 1.08 bits per heavy atom. The van der Waals surface area contributed by atoms with Gasteiger partial charge in [0, 0.05) is 29.2 Å². The summed E-state index contributed by atoms with van der Waals surface area (Å²) in [6.07, 6.45) is 2.19. The fraction of sp³-hybridized carbons (Fsp3) is 0.200. The Balaban J connectivity index is 1.68. The van der Waals surface area contributed by atoms with Crippen LogP contribution in [0.2, 0.25) is 0 Å². The van der Waals surface area contributed by atoms with E-state index in [0.29, 0.717) is 23.3 Å². The summed E-state index contributed by atoms with van der Waals surface area (Å²) in [5, 5.41) is 12.4. The normalized spacial score (nSPS) is 17.1. The van der Waals surface area contributed by atoms with Gasteiger partial charge in [0.15, 0.2) is 0 Å². The number of hydrogen-bond acceptors (Lipinski definition) is 4. The monoisotopic (exact) mass is 498 g/mol. The van der Waals surface area contributed by atoms with Gasteiger partial charge in [-0.1, -0.05) is 36.4 Å². The highest BCUT2D eigenvalue weighted by Gasteiger charge is 2.47. The van der Waals surface area contributed by atoms with Gasteiger partial charge in [0.25, 0.3) is 11.7 Å². The molecule has 0 aliphatic carbocycles. The molecular weight excluding hydrogens is 471 g/mol. The van der Waals surface area contributed by atoms with E-state index >= 15 is 0 Å². The van der Waals surface area contributed by atoms with Crippen molar-refractivity contribution in [3.63, 3.8) is 0 Å². The minimum Gasteiger partial charge on any atom is -0.507 e. The van der Waals surface area contributed by atoms with Gasteiger partial charge in [0.1, 0.15) is 17.3 Å². The summed E-state index contributed by atoms with van der Waals surface area (Å²) in [7, 11) is 1.51. The van der Waals surface area contributed by atoms with Crippen LogP contribution in [0.5, 0.6) is 5.75 Å². The number of carbonyl (C=O) groups is 2. The van der Waals surface area contributed by atoms with Crippen molar-refractivity contribution >= 4 is 28.4 Å². The number of aryl methyl sites for hydroxylation is 2. The van der Waals surface area contributed by atoms with Crippen molar-refractivity contribution in [2.24, 2.45) is 0 Å². The molecule has 37 heavy (non-hydrogen) atoms. The van der Waals surface area contributed by atoms with E-state index in [1.54, 1.807) is 24.4 Å². The maximum Gasteiger partial charge on any atom is 0.295 e. The summed E-state index contributed by atoms with van der Waals surface area (Å²) in [5.41, 5.74) is 4.45. The lowest BCUT2D eigenvalue weighted by molar-refractivity contribution is -0.139. The fourth-order valence-corrected chi connectivity index (χ4v) is 5.20. The van der Waals surface area contributed by atoms with Crippen molar-refractivity contribution in [1.82, 2.24) is 9.88 Å². The van der Waals surface area contributed by atoms with E-state index in [0.717, 1.165) is 27.6 Å². The second-order valence-electron chi connectivity index (χ2n) is 9.32. The number of carbonyl (C=O) groups excluding carboxylic acids is 2. The molecular formula is C30H27FN2O4. The number of methoxy groups -OCH3 is 1. The summed E-state index contributed by atoms with van der Waals surface area (Å²) < 4.78 is 19.0. The smallest absolute Gasteiger partial charge is 0.295 e. The van der Waals surface area contributed by atoms with Gasteiger partial charge in [-0.3, -0.25) is 9.59 Å². The Bertz CT molecular complexity index is 1550. The summed E-state index contributed by atoms with van der Waals surface area (Å²) in [4.78, 5) is 31.6. The van der Waals surface area contributed by atoms with Crippen LogP contribution in [0.25, 0.3) is 16.7 Å². The van der Waals surface area contributed by atoms with Crippen molar-refractivity contribution < 1.29 is 23.8 Å². The minimum atomic E-state index is -0.817. The molecule has 4 aromatic rings. The van der Waals surface area contributed by atoms with Crippen LogP contribution < -0.4 is 4.74 Å². The molecule has 1 saturated heterocycles. The molecule has 0 saturated carbocycles. The number of aromatic amines is 1. The number of ether oxygens (including phenoxy) is 1. The topological polar surface area (TPSA) is 82.6 Å². The molecule has 2 heterocycles. The number of aromatic nitrogens is 1. The molecule has 0 radical (unpaired) electrons. The van der Waals surface area contributed by atoms with Gasteiger partial charge in [0.05, 0.1) is 24.3 Å². The lowest BCUT2D eigenvalue weighted by Gasteiger charge is -2.25. The Hall–Kier alpha value is -4.39. The number of aliphatic hydroxyl groups excluding tert-OH is 1. The highest BCUT2D eigenvalue weighted by Crippen LogP contribution is 2.43. The Morgan fingerprint density at radius 3 is 2.54 bits per heavy atom. The van der Waals surface area contributed by atoms with Gasteiger partial charge in [-0.05, 0) is 61.2 Å². The third kappa shape index (κ3) is 4.27. The van der Waals surface area contributed by atoms with Gasteiger partial charge in [-0.25, -0.2) is 4.39 Å². The Labute approximate surface area is 214 Å². The van der Waals surface area contributed by atoms with E-state index in [1.807, 2.05) is 44.2 Å². The lowest BCUT2D eigenvalue weighted by Crippen LogP contribution is -2.31. The number of benzene rings is 3. The summed E-state index contributed by atoms with van der Waals surface area (Å²) in [6.45, 7) is 3.96.